The minimum Gasteiger partial charge on any atom is -0.295 e. The van der Waals surface area contributed by atoms with Gasteiger partial charge < -0.3 is 0 Å². The van der Waals surface area contributed by atoms with Crippen LogP contribution in [0.25, 0.3) is 0 Å². The van der Waals surface area contributed by atoms with Gasteiger partial charge in [0.05, 0.1) is 10.8 Å². The van der Waals surface area contributed by atoms with Crippen LogP contribution >= 0.6 is 139 Å². The standard InChI is InChI=1S/C13H6Cl12O/c14-5-1-3-8(16,12(22,23)10(5,18)19)7(26)9(17)4-2-6(15)11(20,21)13(9,24)25/h1-6H. The molecular weight excluding hydrogens is 598 g/mol. The van der Waals surface area contributed by atoms with Crippen LogP contribution in [-0.4, -0.2) is 43.6 Å². The fourth-order valence-electron chi connectivity index (χ4n) is 2.42. The molecule has 0 aromatic rings. The van der Waals surface area contributed by atoms with Crippen LogP contribution in [0.2, 0.25) is 0 Å². The van der Waals surface area contributed by atoms with E-state index in [-0.39, 0.29) is 0 Å². The second-order valence-electron chi connectivity index (χ2n) is 5.67. The Hall–Kier alpha value is 2.63. The van der Waals surface area contributed by atoms with Crippen molar-refractivity contribution >= 4 is 145 Å². The van der Waals surface area contributed by atoms with E-state index in [9.17, 15) is 4.79 Å². The van der Waals surface area contributed by atoms with Gasteiger partial charge in [-0.05, 0) is 0 Å². The van der Waals surface area contributed by atoms with E-state index < -0.39 is 43.6 Å². The third-order valence-corrected chi connectivity index (χ3v) is 12.3. The summed E-state index contributed by atoms with van der Waals surface area (Å²) in [5.41, 5.74) is 0. The van der Waals surface area contributed by atoms with Gasteiger partial charge in [0, 0.05) is 0 Å². The molecular formula is C13H6Cl12O. The van der Waals surface area contributed by atoms with E-state index in [1.807, 2.05) is 0 Å². The summed E-state index contributed by atoms with van der Waals surface area (Å²) in [7, 11) is 0. The van der Waals surface area contributed by atoms with Crippen LogP contribution < -0.4 is 0 Å². The number of rotatable bonds is 2. The Labute approximate surface area is 210 Å². The second kappa shape index (κ2) is 7.35. The maximum Gasteiger partial charge on any atom is 0.188 e. The summed E-state index contributed by atoms with van der Waals surface area (Å²) in [5.74, 6) is -1.08. The molecule has 148 valence electrons. The molecule has 0 aliphatic heterocycles. The Morgan fingerprint density at radius 1 is 0.615 bits per heavy atom. The molecule has 0 aromatic heterocycles. The van der Waals surface area contributed by atoms with Crippen molar-refractivity contribution in [3.8, 4) is 0 Å². The summed E-state index contributed by atoms with van der Waals surface area (Å²) in [5, 5.41) is -2.14. The number of Topliss-reactive ketones (excluding diaryl/α,β-unsaturated/α-hetero) is 1. The Balaban J connectivity index is 2.68. The molecule has 4 unspecified atom stereocenters. The van der Waals surface area contributed by atoms with Crippen molar-refractivity contribution in [3.63, 3.8) is 0 Å². The minimum atomic E-state index is -2.35. The van der Waals surface area contributed by atoms with Crippen LogP contribution in [0.3, 0.4) is 0 Å². The molecule has 2 aliphatic rings. The molecule has 26 heavy (non-hydrogen) atoms. The van der Waals surface area contributed by atoms with Crippen molar-refractivity contribution in [2.75, 3.05) is 0 Å². The number of carbonyl (C=O) groups is 1. The van der Waals surface area contributed by atoms with Gasteiger partial charge in [-0.15, -0.1) is 46.4 Å². The quantitative estimate of drug-likeness (QED) is 0.235. The Kier molecular flexibility index (Phi) is 7.04. The van der Waals surface area contributed by atoms with Crippen molar-refractivity contribution in [1.29, 1.82) is 0 Å². The molecule has 1 nitrogen and oxygen atoms in total. The van der Waals surface area contributed by atoms with Crippen molar-refractivity contribution < 1.29 is 4.79 Å². The van der Waals surface area contributed by atoms with Gasteiger partial charge in [0.1, 0.15) is 0 Å². The SMILES string of the molecule is O=C(C1(Cl)C=CC(Cl)C(Cl)(Cl)C1(Cl)Cl)C1(Cl)C=CC(Cl)C(Cl)(Cl)C1(Cl)Cl. The Morgan fingerprint density at radius 3 is 1.15 bits per heavy atom. The lowest BCUT2D eigenvalue weighted by molar-refractivity contribution is -0.122. The number of hydrogen-bond acceptors (Lipinski definition) is 1. The van der Waals surface area contributed by atoms with Crippen molar-refractivity contribution in [1.82, 2.24) is 0 Å². The van der Waals surface area contributed by atoms with E-state index in [1.54, 1.807) is 0 Å². The van der Waals surface area contributed by atoms with E-state index in [0.29, 0.717) is 0 Å². The fourth-order valence-corrected chi connectivity index (χ4v) is 6.05. The molecule has 0 saturated heterocycles. The fraction of sp³-hybridized carbons (Fsp3) is 0.615. The summed E-state index contributed by atoms with van der Waals surface area (Å²) in [6.07, 6.45) is 4.70. The number of allylic oxidation sites excluding steroid dienone is 4. The molecule has 13 heteroatoms. The number of ketones is 1. The highest BCUT2D eigenvalue weighted by molar-refractivity contribution is 6.73. The number of halogens is 12. The highest BCUT2D eigenvalue weighted by Crippen LogP contribution is 2.64. The van der Waals surface area contributed by atoms with E-state index in [0.717, 1.165) is 12.2 Å². The van der Waals surface area contributed by atoms with E-state index >= 15 is 0 Å². The summed E-state index contributed by atoms with van der Waals surface area (Å²) < 4.78 is -8.85. The highest BCUT2D eigenvalue weighted by Gasteiger charge is 2.75. The molecule has 0 saturated carbocycles. The molecule has 0 fully saturated rings. The number of hydrogen-bond donors (Lipinski definition) is 0. The lowest BCUT2D eigenvalue weighted by atomic mass is 9.78. The summed E-state index contributed by atoms with van der Waals surface area (Å²) in [4.78, 5) is 8.80. The largest absolute Gasteiger partial charge is 0.295 e. The molecule has 0 aromatic carbocycles. The van der Waals surface area contributed by atoms with Gasteiger partial charge in [-0.3, -0.25) is 4.79 Å². The number of alkyl halides is 12. The van der Waals surface area contributed by atoms with Gasteiger partial charge in [0.25, 0.3) is 0 Å². The maximum atomic E-state index is 13.4. The topological polar surface area (TPSA) is 17.1 Å². The second-order valence-corrected chi connectivity index (χ2v) is 13.2. The first-order valence-electron chi connectivity index (χ1n) is 6.52. The molecule has 2 rings (SSSR count). The average Bonchev–Trinajstić information content (AvgIpc) is 2.52. The average molecular weight is 604 g/mol. The summed E-state index contributed by atoms with van der Waals surface area (Å²) in [6.45, 7) is 0. The molecule has 0 spiro atoms. The zero-order valence-corrected chi connectivity index (χ0v) is 21.0. The third-order valence-electron chi connectivity index (χ3n) is 4.09. The molecule has 0 radical (unpaired) electrons. The van der Waals surface area contributed by atoms with Crippen LogP contribution in [0.1, 0.15) is 0 Å². The summed E-state index contributed by atoms with van der Waals surface area (Å²) in [6, 6.07) is 0. The zero-order valence-electron chi connectivity index (χ0n) is 11.9. The molecule has 0 bridgehead atoms. The molecule has 2 aliphatic carbocycles. The monoisotopic (exact) mass is 598 g/mol. The van der Waals surface area contributed by atoms with Crippen LogP contribution in [0.15, 0.2) is 24.3 Å². The first-order valence-corrected chi connectivity index (χ1v) is 11.2. The van der Waals surface area contributed by atoms with E-state index in [1.165, 1.54) is 12.2 Å². The van der Waals surface area contributed by atoms with Gasteiger partial charge in [-0.1, -0.05) is 117 Å². The van der Waals surface area contributed by atoms with E-state index in [4.69, 9.17) is 139 Å². The smallest absolute Gasteiger partial charge is 0.188 e. The number of carbonyl (C=O) groups excluding carboxylic acids is 1. The van der Waals surface area contributed by atoms with Gasteiger partial charge in [-0.25, -0.2) is 0 Å². The maximum absolute atomic E-state index is 13.4. The van der Waals surface area contributed by atoms with Crippen molar-refractivity contribution in [2.45, 2.75) is 37.8 Å². The molecule has 0 N–H and O–H groups in total. The van der Waals surface area contributed by atoms with Crippen LogP contribution in [0.5, 0.6) is 0 Å². The minimum absolute atomic E-state index is 1.07. The van der Waals surface area contributed by atoms with E-state index in [2.05, 4.69) is 0 Å². The predicted octanol–water partition coefficient (Wildman–Crippen LogP) is 7.56. The van der Waals surface area contributed by atoms with Crippen LogP contribution in [0.4, 0.5) is 0 Å². The molecule has 4 atom stereocenters. The third kappa shape index (κ3) is 3.14. The highest BCUT2D eigenvalue weighted by atomic mass is 35.6. The molecule has 0 amide bonds. The normalized spacial score (nSPS) is 42.5. The van der Waals surface area contributed by atoms with Gasteiger partial charge in [-0.2, -0.15) is 0 Å². The first kappa shape index (κ1) is 24.9. The first-order chi connectivity index (χ1) is 11.4. The molecule has 0 heterocycles. The Bertz CT molecular complexity index is 627. The lowest BCUT2D eigenvalue weighted by Crippen LogP contribution is -2.70. The van der Waals surface area contributed by atoms with Crippen molar-refractivity contribution in [3.05, 3.63) is 24.3 Å². The summed E-state index contributed by atoms with van der Waals surface area (Å²) >= 11 is 74.7. The van der Waals surface area contributed by atoms with Gasteiger partial charge in [0.15, 0.2) is 32.9 Å². The van der Waals surface area contributed by atoms with Crippen LogP contribution in [-0.2, 0) is 4.79 Å². The van der Waals surface area contributed by atoms with Crippen LogP contribution in [0, 0.1) is 0 Å². The van der Waals surface area contributed by atoms with Gasteiger partial charge in [0.2, 0.25) is 0 Å². The van der Waals surface area contributed by atoms with Crippen molar-refractivity contribution in [2.24, 2.45) is 0 Å². The lowest BCUT2D eigenvalue weighted by Gasteiger charge is -2.52. The zero-order chi connectivity index (χ0) is 20.6. The Morgan fingerprint density at radius 2 is 0.885 bits per heavy atom. The van der Waals surface area contributed by atoms with Gasteiger partial charge >= 0.3 is 0 Å². The predicted molar refractivity (Wildman–Crippen MR) is 117 cm³/mol.